The van der Waals surface area contributed by atoms with Crippen LogP contribution in [-0.2, 0) is 13.5 Å². The summed E-state index contributed by atoms with van der Waals surface area (Å²) in [4.78, 5) is 12.2. The van der Waals surface area contributed by atoms with Crippen LogP contribution in [-0.4, -0.2) is 15.7 Å². The molecule has 3 rings (SSSR count). The number of hydrogen-bond donors (Lipinski definition) is 1. The van der Waals surface area contributed by atoms with Gasteiger partial charge in [0.25, 0.3) is 5.91 Å². The van der Waals surface area contributed by atoms with Gasteiger partial charge in [0.15, 0.2) is 5.76 Å². The first-order chi connectivity index (χ1) is 9.46. The fourth-order valence-electron chi connectivity index (χ4n) is 2.94. The molecule has 5 nitrogen and oxygen atoms in total. The van der Waals surface area contributed by atoms with Crippen LogP contribution >= 0.6 is 0 Å². The second kappa shape index (κ2) is 4.51. The standard InChI is InChI=1S/C15H19N3O2/c1-15(2)7-11(10-9-16-18(3)12(10)8-15)17-14(19)13-5-4-6-20-13/h4-6,9,11H,7-8H2,1-3H3,(H,17,19). The first kappa shape index (κ1) is 13.0. The quantitative estimate of drug-likeness (QED) is 0.914. The Bertz CT molecular complexity index is 626. The highest BCUT2D eigenvalue weighted by molar-refractivity contribution is 5.91. The average Bonchev–Trinajstić information content (AvgIpc) is 2.99. The third-order valence-corrected chi connectivity index (χ3v) is 3.92. The summed E-state index contributed by atoms with van der Waals surface area (Å²) in [6, 6.07) is 3.38. The minimum atomic E-state index is -0.174. The molecular weight excluding hydrogens is 254 g/mol. The van der Waals surface area contributed by atoms with Gasteiger partial charge in [-0.3, -0.25) is 9.48 Å². The van der Waals surface area contributed by atoms with E-state index in [0.717, 1.165) is 18.4 Å². The normalized spacial score (nSPS) is 20.4. The maximum Gasteiger partial charge on any atom is 0.287 e. The van der Waals surface area contributed by atoms with Gasteiger partial charge in [-0.1, -0.05) is 13.8 Å². The van der Waals surface area contributed by atoms with Gasteiger partial charge in [-0.05, 0) is 30.4 Å². The molecule has 106 valence electrons. The van der Waals surface area contributed by atoms with Crippen molar-refractivity contribution in [2.75, 3.05) is 0 Å². The number of carbonyl (C=O) groups is 1. The van der Waals surface area contributed by atoms with Gasteiger partial charge in [-0.25, -0.2) is 0 Å². The van der Waals surface area contributed by atoms with Gasteiger partial charge < -0.3 is 9.73 Å². The van der Waals surface area contributed by atoms with Crippen LogP contribution < -0.4 is 5.32 Å². The van der Waals surface area contributed by atoms with Gasteiger partial charge in [-0.2, -0.15) is 5.10 Å². The van der Waals surface area contributed by atoms with E-state index in [-0.39, 0.29) is 17.4 Å². The third-order valence-electron chi connectivity index (χ3n) is 3.92. The molecule has 0 spiro atoms. The van der Waals surface area contributed by atoms with Crippen LogP contribution in [0.5, 0.6) is 0 Å². The molecule has 0 saturated carbocycles. The third kappa shape index (κ3) is 2.24. The van der Waals surface area contributed by atoms with E-state index >= 15 is 0 Å². The Kier molecular flexibility index (Phi) is 2.92. The number of amides is 1. The highest BCUT2D eigenvalue weighted by Crippen LogP contribution is 2.40. The molecule has 0 radical (unpaired) electrons. The van der Waals surface area contributed by atoms with Crippen LogP contribution in [0.4, 0.5) is 0 Å². The molecule has 2 heterocycles. The largest absolute Gasteiger partial charge is 0.459 e. The number of furan rings is 1. The van der Waals surface area contributed by atoms with Gasteiger partial charge in [-0.15, -0.1) is 0 Å². The van der Waals surface area contributed by atoms with Gasteiger partial charge in [0.1, 0.15) is 0 Å². The Morgan fingerprint density at radius 3 is 3.05 bits per heavy atom. The van der Waals surface area contributed by atoms with Crippen molar-refractivity contribution in [3.63, 3.8) is 0 Å². The molecule has 0 bridgehead atoms. The van der Waals surface area contributed by atoms with Crippen LogP contribution in [0.2, 0.25) is 0 Å². The summed E-state index contributed by atoms with van der Waals surface area (Å²) in [5.41, 5.74) is 2.46. The Morgan fingerprint density at radius 1 is 1.55 bits per heavy atom. The lowest BCUT2D eigenvalue weighted by Gasteiger charge is -2.35. The van der Waals surface area contributed by atoms with Crippen LogP contribution in [0, 0.1) is 5.41 Å². The first-order valence-corrected chi connectivity index (χ1v) is 6.81. The lowest BCUT2D eigenvalue weighted by molar-refractivity contribution is 0.0891. The fourth-order valence-corrected chi connectivity index (χ4v) is 2.94. The van der Waals surface area contributed by atoms with E-state index in [1.54, 1.807) is 12.1 Å². The van der Waals surface area contributed by atoms with E-state index in [9.17, 15) is 4.79 Å². The summed E-state index contributed by atoms with van der Waals surface area (Å²) in [5.74, 6) is 0.173. The molecule has 1 N–H and O–H groups in total. The van der Waals surface area contributed by atoms with Gasteiger partial charge >= 0.3 is 0 Å². The van der Waals surface area contributed by atoms with Crippen LogP contribution in [0.3, 0.4) is 0 Å². The number of carbonyl (C=O) groups excluding carboxylic acids is 1. The molecule has 1 amide bonds. The molecule has 0 saturated heterocycles. The zero-order valence-corrected chi connectivity index (χ0v) is 12.0. The summed E-state index contributed by atoms with van der Waals surface area (Å²) in [5, 5.41) is 7.39. The molecule has 5 heteroatoms. The maximum absolute atomic E-state index is 12.2. The zero-order valence-electron chi connectivity index (χ0n) is 12.0. The van der Waals surface area contributed by atoms with Crippen molar-refractivity contribution in [3.8, 4) is 0 Å². The fraction of sp³-hybridized carbons (Fsp3) is 0.467. The maximum atomic E-state index is 12.2. The molecule has 0 aliphatic heterocycles. The average molecular weight is 273 g/mol. The highest BCUT2D eigenvalue weighted by atomic mass is 16.3. The Balaban J connectivity index is 1.88. The summed E-state index contributed by atoms with van der Waals surface area (Å²) in [7, 11) is 1.95. The van der Waals surface area contributed by atoms with E-state index in [2.05, 4.69) is 24.3 Å². The van der Waals surface area contributed by atoms with E-state index in [1.165, 1.54) is 12.0 Å². The zero-order chi connectivity index (χ0) is 14.3. The number of rotatable bonds is 2. The molecule has 1 aliphatic carbocycles. The lowest BCUT2D eigenvalue weighted by Crippen LogP contribution is -2.36. The topological polar surface area (TPSA) is 60.1 Å². The summed E-state index contributed by atoms with van der Waals surface area (Å²) in [6.45, 7) is 4.43. The van der Waals surface area contributed by atoms with E-state index in [0.29, 0.717) is 5.76 Å². The predicted molar refractivity (Wildman–Crippen MR) is 74.2 cm³/mol. The van der Waals surface area contributed by atoms with Crippen molar-refractivity contribution in [1.82, 2.24) is 15.1 Å². The number of aromatic nitrogens is 2. The van der Waals surface area contributed by atoms with Crippen LogP contribution in [0.15, 0.2) is 29.0 Å². The van der Waals surface area contributed by atoms with E-state index < -0.39 is 0 Å². The van der Waals surface area contributed by atoms with Crippen molar-refractivity contribution < 1.29 is 9.21 Å². The van der Waals surface area contributed by atoms with Crippen molar-refractivity contribution in [3.05, 3.63) is 41.6 Å². The SMILES string of the molecule is Cn1ncc2c1CC(C)(C)CC2NC(=O)c1ccco1. The summed E-state index contributed by atoms with van der Waals surface area (Å²) >= 11 is 0. The Morgan fingerprint density at radius 2 is 2.35 bits per heavy atom. The Labute approximate surface area is 118 Å². The molecule has 2 aromatic heterocycles. The van der Waals surface area contributed by atoms with Crippen LogP contribution in [0.1, 0.15) is 48.1 Å². The van der Waals surface area contributed by atoms with Gasteiger partial charge in [0, 0.05) is 18.3 Å². The van der Waals surface area contributed by atoms with Crippen molar-refractivity contribution in [2.24, 2.45) is 12.5 Å². The summed E-state index contributed by atoms with van der Waals surface area (Å²) in [6.07, 6.45) is 5.25. The molecule has 0 aromatic carbocycles. The highest BCUT2D eigenvalue weighted by Gasteiger charge is 2.35. The number of aryl methyl sites for hydroxylation is 1. The number of nitrogens with one attached hydrogen (secondary N) is 1. The predicted octanol–water partition coefficient (Wildman–Crippen LogP) is 2.46. The molecule has 1 aliphatic rings. The smallest absolute Gasteiger partial charge is 0.287 e. The monoisotopic (exact) mass is 273 g/mol. The van der Waals surface area contributed by atoms with Crippen molar-refractivity contribution in [1.29, 1.82) is 0 Å². The van der Waals surface area contributed by atoms with E-state index in [1.807, 2.05) is 17.9 Å². The Hall–Kier alpha value is -2.04. The van der Waals surface area contributed by atoms with Gasteiger partial charge in [0.2, 0.25) is 0 Å². The molecule has 0 fully saturated rings. The van der Waals surface area contributed by atoms with Crippen molar-refractivity contribution >= 4 is 5.91 Å². The minimum Gasteiger partial charge on any atom is -0.459 e. The minimum absolute atomic E-state index is 0.0138. The second-order valence-electron chi connectivity index (χ2n) is 6.22. The van der Waals surface area contributed by atoms with Crippen molar-refractivity contribution in [2.45, 2.75) is 32.7 Å². The van der Waals surface area contributed by atoms with Crippen LogP contribution in [0.25, 0.3) is 0 Å². The van der Waals surface area contributed by atoms with Gasteiger partial charge in [0.05, 0.1) is 18.5 Å². The first-order valence-electron chi connectivity index (χ1n) is 6.81. The number of hydrogen-bond acceptors (Lipinski definition) is 3. The molecule has 20 heavy (non-hydrogen) atoms. The number of fused-ring (bicyclic) bond motifs is 1. The number of nitrogens with zero attached hydrogens (tertiary/aromatic N) is 2. The molecule has 1 atom stereocenters. The summed E-state index contributed by atoms with van der Waals surface area (Å²) < 4.78 is 7.05. The second-order valence-corrected chi connectivity index (χ2v) is 6.22. The molecule has 1 unspecified atom stereocenters. The lowest BCUT2D eigenvalue weighted by atomic mass is 9.74. The molecular formula is C15H19N3O2. The molecule has 2 aromatic rings. The van der Waals surface area contributed by atoms with E-state index in [4.69, 9.17) is 4.42 Å².